The van der Waals surface area contributed by atoms with Crippen LogP contribution in [0.3, 0.4) is 0 Å². The van der Waals surface area contributed by atoms with E-state index in [9.17, 15) is 4.79 Å². The average Bonchev–Trinajstić information content (AvgIpc) is 2.15. The molecule has 1 fully saturated rings. The molecule has 2 atom stereocenters. The summed E-state index contributed by atoms with van der Waals surface area (Å²) in [4.78, 5) is 10.6. The minimum atomic E-state index is -0.671. The van der Waals surface area contributed by atoms with Gasteiger partial charge in [0.25, 0.3) is 0 Å². The summed E-state index contributed by atoms with van der Waals surface area (Å²) in [5, 5.41) is 12.1. The third-order valence-corrected chi connectivity index (χ3v) is 2.78. The smallest absolute Gasteiger partial charge is 0.306 e. The molecule has 0 aromatic rings. The normalized spacial score (nSPS) is 23.6. The molecule has 3 nitrogen and oxygen atoms in total. The quantitative estimate of drug-likeness (QED) is 0.764. The van der Waals surface area contributed by atoms with Gasteiger partial charge in [0.05, 0.1) is 5.92 Å². The third kappa shape index (κ3) is 4.82. The van der Waals surface area contributed by atoms with Crippen LogP contribution in [-0.2, 0) is 4.79 Å². The van der Waals surface area contributed by atoms with Crippen molar-refractivity contribution in [1.82, 2.24) is 5.32 Å². The Hall–Kier alpha value is -0.280. The van der Waals surface area contributed by atoms with Crippen molar-refractivity contribution in [2.75, 3.05) is 6.54 Å². The van der Waals surface area contributed by atoms with Crippen LogP contribution in [0.15, 0.2) is 0 Å². The molecule has 0 radical (unpaired) electrons. The van der Waals surface area contributed by atoms with E-state index in [0.717, 1.165) is 19.4 Å². The average molecular weight is 222 g/mol. The molecule has 2 N–H and O–H groups in total. The highest BCUT2D eigenvalue weighted by molar-refractivity contribution is 5.85. The Morgan fingerprint density at radius 1 is 1.57 bits per heavy atom. The van der Waals surface area contributed by atoms with E-state index in [0.29, 0.717) is 6.04 Å². The van der Waals surface area contributed by atoms with Gasteiger partial charge in [0.15, 0.2) is 0 Å². The van der Waals surface area contributed by atoms with Crippen molar-refractivity contribution in [3.63, 3.8) is 0 Å². The highest BCUT2D eigenvalue weighted by atomic mass is 35.5. The molecular weight excluding hydrogens is 202 g/mol. The predicted octanol–water partition coefficient (Wildman–Crippen LogP) is 2.05. The molecular formula is C10H20ClNO2. The Kier molecular flexibility index (Phi) is 6.93. The van der Waals surface area contributed by atoms with Crippen LogP contribution in [0.5, 0.6) is 0 Å². The topological polar surface area (TPSA) is 49.3 Å². The Bertz CT molecular complexity index is 170. The highest BCUT2D eigenvalue weighted by Gasteiger charge is 2.16. The summed E-state index contributed by atoms with van der Waals surface area (Å²) in [6, 6.07) is 0.565. The molecule has 14 heavy (non-hydrogen) atoms. The highest BCUT2D eigenvalue weighted by Crippen LogP contribution is 2.15. The van der Waals surface area contributed by atoms with Gasteiger partial charge < -0.3 is 10.4 Å². The van der Waals surface area contributed by atoms with Crippen molar-refractivity contribution in [2.24, 2.45) is 5.92 Å². The maximum absolute atomic E-state index is 10.6. The molecule has 1 heterocycles. The van der Waals surface area contributed by atoms with E-state index < -0.39 is 5.97 Å². The summed E-state index contributed by atoms with van der Waals surface area (Å²) in [7, 11) is 0. The fourth-order valence-electron chi connectivity index (χ4n) is 1.75. The third-order valence-electron chi connectivity index (χ3n) is 2.78. The van der Waals surface area contributed by atoms with Crippen LogP contribution in [0.1, 0.15) is 39.0 Å². The summed E-state index contributed by atoms with van der Waals surface area (Å²) in [6.07, 6.45) is 5.58. The van der Waals surface area contributed by atoms with Gasteiger partial charge in [0, 0.05) is 6.04 Å². The standard InChI is InChI=1S/C10H19NO2.ClH/c1-8(10(12)13)5-6-9-4-2-3-7-11-9;/h8-9,11H,2-7H2,1H3,(H,12,13);1H. The molecule has 1 aliphatic heterocycles. The number of carbonyl (C=O) groups is 1. The van der Waals surface area contributed by atoms with Crippen molar-refractivity contribution in [3.8, 4) is 0 Å². The summed E-state index contributed by atoms with van der Waals surface area (Å²) >= 11 is 0. The maximum Gasteiger partial charge on any atom is 0.306 e. The van der Waals surface area contributed by atoms with Crippen LogP contribution in [0.4, 0.5) is 0 Å². The largest absolute Gasteiger partial charge is 0.481 e. The second-order valence-electron chi connectivity index (χ2n) is 3.96. The summed E-state index contributed by atoms with van der Waals surface area (Å²) < 4.78 is 0. The minimum Gasteiger partial charge on any atom is -0.481 e. The van der Waals surface area contributed by atoms with E-state index in [-0.39, 0.29) is 18.3 Å². The lowest BCUT2D eigenvalue weighted by Gasteiger charge is -2.23. The van der Waals surface area contributed by atoms with Gasteiger partial charge in [-0.15, -0.1) is 12.4 Å². The minimum absolute atomic E-state index is 0. The molecule has 0 aliphatic carbocycles. The van der Waals surface area contributed by atoms with Gasteiger partial charge in [0.1, 0.15) is 0 Å². The molecule has 1 aliphatic rings. The molecule has 0 bridgehead atoms. The van der Waals surface area contributed by atoms with Crippen LogP contribution in [-0.4, -0.2) is 23.7 Å². The van der Waals surface area contributed by atoms with Gasteiger partial charge in [-0.1, -0.05) is 13.3 Å². The van der Waals surface area contributed by atoms with E-state index in [1.165, 1.54) is 19.3 Å². The number of hydrogen-bond acceptors (Lipinski definition) is 2. The van der Waals surface area contributed by atoms with E-state index in [1.54, 1.807) is 6.92 Å². The Balaban J connectivity index is 0.00000169. The lowest BCUT2D eigenvalue weighted by Crippen LogP contribution is -2.34. The van der Waals surface area contributed by atoms with Crippen LogP contribution >= 0.6 is 12.4 Å². The lowest BCUT2D eigenvalue weighted by atomic mass is 9.96. The number of piperidine rings is 1. The van der Waals surface area contributed by atoms with Crippen molar-refractivity contribution in [3.05, 3.63) is 0 Å². The van der Waals surface area contributed by atoms with Crippen molar-refractivity contribution < 1.29 is 9.90 Å². The number of carboxylic acids is 1. The molecule has 2 unspecified atom stereocenters. The number of nitrogens with one attached hydrogen (secondary N) is 1. The van der Waals surface area contributed by atoms with Crippen molar-refractivity contribution in [2.45, 2.75) is 45.1 Å². The molecule has 0 saturated carbocycles. The Morgan fingerprint density at radius 2 is 2.29 bits per heavy atom. The monoisotopic (exact) mass is 221 g/mol. The predicted molar refractivity (Wildman–Crippen MR) is 58.9 cm³/mol. The fourth-order valence-corrected chi connectivity index (χ4v) is 1.75. The zero-order valence-corrected chi connectivity index (χ0v) is 9.48. The van der Waals surface area contributed by atoms with Crippen molar-refractivity contribution >= 4 is 18.4 Å². The zero-order chi connectivity index (χ0) is 9.68. The number of aliphatic carboxylic acids is 1. The summed E-state index contributed by atoms with van der Waals surface area (Å²) in [6.45, 7) is 2.89. The van der Waals surface area contributed by atoms with Crippen molar-refractivity contribution in [1.29, 1.82) is 0 Å². The molecule has 0 aromatic heterocycles. The molecule has 1 saturated heterocycles. The van der Waals surface area contributed by atoms with Gasteiger partial charge >= 0.3 is 5.97 Å². The molecule has 1 rings (SSSR count). The molecule has 4 heteroatoms. The first kappa shape index (κ1) is 13.7. The maximum atomic E-state index is 10.6. The Labute approximate surface area is 91.7 Å². The van der Waals surface area contributed by atoms with Crippen LogP contribution in [0.2, 0.25) is 0 Å². The van der Waals surface area contributed by atoms with E-state index in [1.807, 2.05) is 0 Å². The van der Waals surface area contributed by atoms with E-state index in [4.69, 9.17) is 5.11 Å². The van der Waals surface area contributed by atoms with Gasteiger partial charge in [-0.05, 0) is 32.2 Å². The van der Waals surface area contributed by atoms with Crippen LogP contribution in [0, 0.1) is 5.92 Å². The van der Waals surface area contributed by atoms with Gasteiger partial charge in [0.2, 0.25) is 0 Å². The molecule has 0 aromatic carbocycles. The van der Waals surface area contributed by atoms with Gasteiger partial charge in [-0.3, -0.25) is 4.79 Å². The Morgan fingerprint density at radius 3 is 2.79 bits per heavy atom. The molecule has 0 spiro atoms. The zero-order valence-electron chi connectivity index (χ0n) is 8.66. The summed E-state index contributed by atoms with van der Waals surface area (Å²) in [5.74, 6) is -0.862. The first-order valence-corrected chi connectivity index (χ1v) is 5.16. The number of carboxylic acid groups (broad SMARTS) is 1. The first-order valence-electron chi connectivity index (χ1n) is 5.16. The van der Waals surface area contributed by atoms with Gasteiger partial charge in [-0.25, -0.2) is 0 Å². The van der Waals surface area contributed by atoms with Gasteiger partial charge in [-0.2, -0.15) is 0 Å². The van der Waals surface area contributed by atoms with Crippen LogP contribution in [0.25, 0.3) is 0 Å². The second-order valence-corrected chi connectivity index (χ2v) is 3.96. The first-order chi connectivity index (χ1) is 6.20. The fraction of sp³-hybridized carbons (Fsp3) is 0.900. The molecule has 84 valence electrons. The second kappa shape index (κ2) is 7.07. The number of rotatable bonds is 4. The molecule has 0 amide bonds. The van der Waals surface area contributed by atoms with Crippen LogP contribution < -0.4 is 5.32 Å². The number of hydrogen-bond donors (Lipinski definition) is 2. The summed E-state index contributed by atoms with van der Waals surface area (Å²) in [5.41, 5.74) is 0. The van der Waals surface area contributed by atoms with E-state index >= 15 is 0 Å². The lowest BCUT2D eigenvalue weighted by molar-refractivity contribution is -0.141. The number of halogens is 1. The SMILES string of the molecule is CC(CCC1CCCCN1)C(=O)O.Cl. The van der Waals surface area contributed by atoms with E-state index in [2.05, 4.69) is 5.32 Å².